The Morgan fingerprint density at radius 3 is 2.42 bits per heavy atom. The van der Waals surface area contributed by atoms with E-state index in [-0.39, 0.29) is 24.7 Å². The van der Waals surface area contributed by atoms with Crippen molar-refractivity contribution in [3.8, 4) is 0 Å². The molecular weight excluding hydrogens is 417 g/mol. The lowest BCUT2D eigenvalue weighted by Gasteiger charge is -2.35. The van der Waals surface area contributed by atoms with Crippen molar-refractivity contribution in [1.29, 1.82) is 0 Å². The third-order valence-corrected chi connectivity index (χ3v) is 4.81. The van der Waals surface area contributed by atoms with Gasteiger partial charge in [-0.2, -0.15) is 13.2 Å². The molecule has 1 fully saturated rings. The van der Waals surface area contributed by atoms with E-state index in [9.17, 15) is 22.8 Å². The molecule has 0 atom stereocenters. The van der Waals surface area contributed by atoms with Gasteiger partial charge in [0.05, 0.1) is 0 Å². The van der Waals surface area contributed by atoms with Gasteiger partial charge in [0.25, 0.3) is 11.8 Å². The summed E-state index contributed by atoms with van der Waals surface area (Å²) in [5.74, 6) is -0.117. The smallest absolute Gasteiger partial charge is 0.352 e. The summed E-state index contributed by atoms with van der Waals surface area (Å²) < 4.78 is 38.8. The minimum Gasteiger partial charge on any atom is -0.352 e. The number of aromatic amines is 1. The van der Waals surface area contributed by atoms with E-state index in [1.165, 1.54) is 4.90 Å². The number of rotatable bonds is 6. The predicted molar refractivity (Wildman–Crippen MR) is 103 cm³/mol. The first-order valence-electron chi connectivity index (χ1n) is 9.81. The zero-order valence-corrected chi connectivity index (χ0v) is 17.1. The number of nitrogens with one attached hydrogen (secondary N) is 2. The molecule has 10 nitrogen and oxygen atoms in total. The molecule has 0 aromatic carbocycles. The lowest BCUT2D eigenvalue weighted by Crippen LogP contribution is -2.49. The first-order chi connectivity index (χ1) is 14.7. The highest BCUT2D eigenvalue weighted by atomic mass is 19.4. The number of halogens is 3. The summed E-state index contributed by atoms with van der Waals surface area (Å²) >= 11 is 0. The Morgan fingerprint density at radius 1 is 1.13 bits per heavy atom. The van der Waals surface area contributed by atoms with E-state index < -0.39 is 23.5 Å². The van der Waals surface area contributed by atoms with Gasteiger partial charge >= 0.3 is 6.18 Å². The standard InChI is InChI=1S/C18H23F3N8O2/c1-11(2)5-6-22-16(30)12-3-4-13(24-23-12)28-7-9-29(10-8-28)17(31)14-15(18(19,20)21)26-27-25-14/h3-4,11H,5-10H2,1-2H3,(H,22,30)(H,25,26,27). The number of carbonyl (C=O) groups excluding carboxylic acids is 2. The Kier molecular flexibility index (Phi) is 6.71. The molecule has 168 valence electrons. The summed E-state index contributed by atoms with van der Waals surface area (Å²) in [5.41, 5.74) is -1.80. The van der Waals surface area contributed by atoms with Crippen LogP contribution in [0.25, 0.3) is 0 Å². The van der Waals surface area contributed by atoms with Crippen LogP contribution in [0.2, 0.25) is 0 Å². The van der Waals surface area contributed by atoms with Gasteiger partial charge in [-0.25, -0.2) is 0 Å². The summed E-state index contributed by atoms with van der Waals surface area (Å²) in [6, 6.07) is 3.22. The molecular formula is C18H23F3N8O2. The Morgan fingerprint density at radius 2 is 1.84 bits per heavy atom. The van der Waals surface area contributed by atoms with Crippen LogP contribution >= 0.6 is 0 Å². The molecule has 13 heteroatoms. The molecule has 1 aliphatic rings. The quantitative estimate of drug-likeness (QED) is 0.696. The average molecular weight is 440 g/mol. The van der Waals surface area contributed by atoms with Crippen LogP contribution in [0.4, 0.5) is 19.0 Å². The third kappa shape index (κ3) is 5.47. The van der Waals surface area contributed by atoms with Crippen molar-refractivity contribution in [2.75, 3.05) is 37.6 Å². The van der Waals surface area contributed by atoms with Gasteiger partial charge in [-0.15, -0.1) is 15.3 Å². The first-order valence-corrected chi connectivity index (χ1v) is 9.81. The molecule has 0 radical (unpaired) electrons. The van der Waals surface area contributed by atoms with Gasteiger partial charge in [-0.1, -0.05) is 19.1 Å². The number of alkyl halides is 3. The Bertz CT molecular complexity index is 905. The molecule has 0 unspecified atom stereocenters. The van der Waals surface area contributed by atoms with Crippen molar-refractivity contribution in [3.63, 3.8) is 0 Å². The van der Waals surface area contributed by atoms with Gasteiger partial charge in [0.2, 0.25) is 0 Å². The number of anilines is 1. The van der Waals surface area contributed by atoms with Crippen molar-refractivity contribution in [2.45, 2.75) is 26.4 Å². The third-order valence-electron chi connectivity index (χ3n) is 4.81. The second-order valence-corrected chi connectivity index (χ2v) is 7.53. The Balaban J connectivity index is 1.56. The van der Waals surface area contributed by atoms with Crippen molar-refractivity contribution < 1.29 is 22.8 Å². The molecule has 3 heterocycles. The van der Waals surface area contributed by atoms with Gasteiger partial charge in [0.15, 0.2) is 22.9 Å². The number of H-pyrrole nitrogens is 1. The van der Waals surface area contributed by atoms with E-state index in [1.54, 1.807) is 12.1 Å². The predicted octanol–water partition coefficient (Wildman–Crippen LogP) is 1.35. The minimum atomic E-state index is -4.77. The maximum Gasteiger partial charge on any atom is 0.437 e. The van der Waals surface area contributed by atoms with Gasteiger partial charge in [0.1, 0.15) is 0 Å². The van der Waals surface area contributed by atoms with Gasteiger partial charge in [-0.05, 0) is 24.5 Å². The lowest BCUT2D eigenvalue weighted by molar-refractivity contribution is -0.141. The van der Waals surface area contributed by atoms with E-state index >= 15 is 0 Å². The average Bonchev–Trinajstić information content (AvgIpc) is 3.24. The molecule has 0 aliphatic carbocycles. The minimum absolute atomic E-state index is 0.189. The topological polar surface area (TPSA) is 120 Å². The summed E-state index contributed by atoms with van der Waals surface area (Å²) in [4.78, 5) is 27.7. The van der Waals surface area contributed by atoms with E-state index in [4.69, 9.17) is 0 Å². The van der Waals surface area contributed by atoms with Crippen molar-refractivity contribution in [2.24, 2.45) is 5.92 Å². The molecule has 31 heavy (non-hydrogen) atoms. The van der Waals surface area contributed by atoms with Gasteiger partial charge in [-0.3, -0.25) is 14.7 Å². The molecule has 0 spiro atoms. The highest BCUT2D eigenvalue weighted by Crippen LogP contribution is 2.29. The zero-order valence-electron chi connectivity index (χ0n) is 17.1. The number of hydrogen-bond acceptors (Lipinski definition) is 7. The van der Waals surface area contributed by atoms with Crippen LogP contribution in [0.15, 0.2) is 12.1 Å². The molecule has 0 bridgehead atoms. The SMILES string of the molecule is CC(C)CCNC(=O)c1ccc(N2CCN(C(=O)c3[nH]nnc3C(F)(F)F)CC2)nn1. The molecule has 1 aliphatic heterocycles. The zero-order chi connectivity index (χ0) is 22.6. The van der Waals surface area contributed by atoms with E-state index in [0.29, 0.717) is 31.4 Å². The fraction of sp³-hybridized carbons (Fsp3) is 0.556. The van der Waals surface area contributed by atoms with Gasteiger partial charge in [0, 0.05) is 32.7 Å². The van der Waals surface area contributed by atoms with Crippen molar-refractivity contribution >= 4 is 17.6 Å². The largest absolute Gasteiger partial charge is 0.437 e. The van der Waals surface area contributed by atoms with Gasteiger partial charge < -0.3 is 15.1 Å². The van der Waals surface area contributed by atoms with Crippen LogP contribution in [-0.2, 0) is 6.18 Å². The lowest BCUT2D eigenvalue weighted by atomic mass is 10.1. The highest BCUT2D eigenvalue weighted by molar-refractivity contribution is 5.93. The molecule has 0 saturated carbocycles. The number of aromatic nitrogens is 5. The number of hydrogen-bond donors (Lipinski definition) is 2. The van der Waals surface area contributed by atoms with Crippen LogP contribution < -0.4 is 10.2 Å². The van der Waals surface area contributed by atoms with E-state index in [0.717, 1.165) is 6.42 Å². The van der Waals surface area contributed by atoms with Crippen molar-refractivity contribution in [3.05, 3.63) is 29.2 Å². The summed E-state index contributed by atoms with van der Waals surface area (Å²) in [6.07, 6.45) is -3.91. The molecule has 1 saturated heterocycles. The number of amides is 2. The Hall–Kier alpha value is -3.25. The summed E-state index contributed by atoms with van der Waals surface area (Å²) in [6.45, 7) is 5.76. The fourth-order valence-electron chi connectivity index (χ4n) is 3.05. The second kappa shape index (κ2) is 9.27. The maximum absolute atomic E-state index is 12.9. The highest BCUT2D eigenvalue weighted by Gasteiger charge is 2.40. The molecule has 2 amide bonds. The maximum atomic E-state index is 12.9. The van der Waals surface area contributed by atoms with Crippen LogP contribution in [-0.4, -0.2) is 75.0 Å². The number of carbonyl (C=O) groups is 2. The van der Waals surface area contributed by atoms with Crippen LogP contribution in [0, 0.1) is 5.92 Å². The molecule has 2 aromatic heterocycles. The molecule has 2 aromatic rings. The fourth-order valence-corrected chi connectivity index (χ4v) is 3.05. The van der Waals surface area contributed by atoms with Crippen LogP contribution in [0.5, 0.6) is 0 Å². The Labute approximate surface area is 176 Å². The van der Waals surface area contributed by atoms with E-state index in [1.807, 2.05) is 10.00 Å². The van der Waals surface area contributed by atoms with Crippen LogP contribution in [0.1, 0.15) is 46.9 Å². The van der Waals surface area contributed by atoms with E-state index in [2.05, 4.69) is 39.7 Å². The molecule has 3 rings (SSSR count). The normalized spacial score (nSPS) is 14.8. The second-order valence-electron chi connectivity index (χ2n) is 7.53. The number of nitrogens with zero attached hydrogens (tertiary/aromatic N) is 6. The number of piperazine rings is 1. The van der Waals surface area contributed by atoms with Crippen LogP contribution in [0.3, 0.4) is 0 Å². The summed E-state index contributed by atoms with van der Waals surface area (Å²) in [7, 11) is 0. The molecule has 2 N–H and O–H groups in total. The monoisotopic (exact) mass is 440 g/mol. The first kappa shape index (κ1) is 22.4. The van der Waals surface area contributed by atoms with Crippen molar-refractivity contribution in [1.82, 2.24) is 35.8 Å². The summed E-state index contributed by atoms with van der Waals surface area (Å²) in [5, 5.41) is 18.9.